The number of piperidine rings is 1. The van der Waals surface area contributed by atoms with Gasteiger partial charge in [0.2, 0.25) is 5.91 Å². The van der Waals surface area contributed by atoms with E-state index < -0.39 is 0 Å². The minimum atomic E-state index is -0.182. The summed E-state index contributed by atoms with van der Waals surface area (Å²) >= 11 is 0. The van der Waals surface area contributed by atoms with Crippen LogP contribution in [-0.2, 0) is 17.8 Å². The fourth-order valence-corrected chi connectivity index (χ4v) is 4.91. The van der Waals surface area contributed by atoms with Crippen molar-refractivity contribution in [3.05, 3.63) is 51.8 Å². The lowest BCUT2D eigenvalue weighted by Crippen LogP contribution is -2.41. The maximum atomic E-state index is 13.2. The molecule has 1 aromatic carbocycles. The third kappa shape index (κ3) is 4.47. The number of aromatic nitrogens is 3. The van der Waals surface area contributed by atoms with Crippen molar-refractivity contribution in [3.63, 3.8) is 0 Å². The number of carbonyl (C=O) groups is 2. The summed E-state index contributed by atoms with van der Waals surface area (Å²) in [5, 5.41) is 7.13. The molecule has 3 aromatic rings. The Kier molecular flexibility index (Phi) is 6.17. The zero-order chi connectivity index (χ0) is 23.7. The van der Waals surface area contributed by atoms with E-state index in [4.69, 9.17) is 9.51 Å². The van der Waals surface area contributed by atoms with Crippen molar-refractivity contribution in [2.24, 2.45) is 5.92 Å². The normalized spacial score (nSPS) is 17.1. The molecule has 9 nitrogen and oxygen atoms in total. The molecule has 0 bridgehead atoms. The molecule has 2 aliphatic rings. The number of anilines is 1. The highest BCUT2D eigenvalue weighted by Gasteiger charge is 2.28. The van der Waals surface area contributed by atoms with Crippen LogP contribution in [0.3, 0.4) is 0 Å². The Morgan fingerprint density at radius 2 is 1.85 bits per heavy atom. The lowest BCUT2D eigenvalue weighted by molar-refractivity contribution is -0.121. The molecule has 0 radical (unpaired) electrons. The highest BCUT2D eigenvalue weighted by Crippen LogP contribution is 2.22. The number of amides is 2. The van der Waals surface area contributed by atoms with Crippen LogP contribution in [0.2, 0.25) is 0 Å². The molecule has 0 atom stereocenters. The quantitative estimate of drug-likeness (QED) is 0.638. The molecular formula is C25H29N5O4. The molecule has 0 unspecified atom stereocenters. The molecule has 1 saturated heterocycles. The van der Waals surface area contributed by atoms with E-state index in [1.165, 1.54) is 0 Å². The molecule has 0 spiro atoms. The third-order valence-corrected chi connectivity index (χ3v) is 6.85. The molecule has 178 valence electrons. The zero-order valence-corrected chi connectivity index (χ0v) is 19.4. The molecule has 9 heteroatoms. The summed E-state index contributed by atoms with van der Waals surface area (Å²) in [5.74, 6) is 1.48. The first kappa shape index (κ1) is 22.3. The third-order valence-electron chi connectivity index (χ3n) is 6.85. The maximum absolute atomic E-state index is 13.2. The van der Waals surface area contributed by atoms with Gasteiger partial charge in [0.05, 0.1) is 10.9 Å². The summed E-state index contributed by atoms with van der Waals surface area (Å²) in [6.45, 7) is 3.46. The van der Waals surface area contributed by atoms with Gasteiger partial charge in [-0.3, -0.25) is 19.0 Å². The summed E-state index contributed by atoms with van der Waals surface area (Å²) < 4.78 is 6.79. The van der Waals surface area contributed by atoms with Crippen molar-refractivity contribution in [1.82, 2.24) is 19.6 Å². The van der Waals surface area contributed by atoms with Gasteiger partial charge in [-0.25, -0.2) is 4.98 Å². The van der Waals surface area contributed by atoms with Crippen LogP contribution >= 0.6 is 0 Å². The Bertz CT molecular complexity index is 1290. The number of benzene rings is 1. The van der Waals surface area contributed by atoms with E-state index in [0.717, 1.165) is 37.9 Å². The van der Waals surface area contributed by atoms with Crippen LogP contribution in [0.4, 0.5) is 5.82 Å². The second-order valence-electron chi connectivity index (χ2n) is 9.26. The van der Waals surface area contributed by atoms with E-state index in [1.807, 2.05) is 0 Å². The molecule has 2 aromatic heterocycles. The largest absolute Gasteiger partial charge is 0.360 e. The number of likely N-dealkylation sites (tertiary alicyclic amines) is 1. The molecule has 1 fully saturated rings. The minimum Gasteiger partial charge on any atom is -0.360 e. The van der Waals surface area contributed by atoms with Crippen molar-refractivity contribution >= 4 is 28.5 Å². The van der Waals surface area contributed by atoms with Gasteiger partial charge in [-0.05, 0) is 50.8 Å². The first-order valence-electron chi connectivity index (χ1n) is 12.1. The molecule has 2 aliphatic heterocycles. The molecule has 4 heterocycles. The average Bonchev–Trinajstić information content (AvgIpc) is 3.24. The predicted octanol–water partition coefficient (Wildman–Crippen LogP) is 3.30. The molecule has 0 aliphatic carbocycles. The van der Waals surface area contributed by atoms with Gasteiger partial charge in [0.15, 0.2) is 5.82 Å². The Hall–Kier alpha value is -3.49. The van der Waals surface area contributed by atoms with E-state index in [1.54, 1.807) is 40.7 Å². The van der Waals surface area contributed by atoms with Gasteiger partial charge >= 0.3 is 0 Å². The average molecular weight is 464 g/mol. The SMILES string of the molecule is Cc1cc(NC(=O)C2CCN(C(=O)c3ccc4c(=O)n5c(nc4c3)CCCCCC5)CC2)no1. The maximum Gasteiger partial charge on any atom is 0.261 e. The second-order valence-corrected chi connectivity index (χ2v) is 9.26. The fraction of sp³-hybridized carbons (Fsp3) is 0.480. The topological polar surface area (TPSA) is 110 Å². The number of carbonyl (C=O) groups excluding carboxylic acids is 2. The van der Waals surface area contributed by atoms with E-state index in [2.05, 4.69) is 10.5 Å². The van der Waals surface area contributed by atoms with E-state index in [-0.39, 0.29) is 23.3 Å². The van der Waals surface area contributed by atoms with Gasteiger partial charge in [-0.2, -0.15) is 0 Å². The number of fused-ring (bicyclic) bond motifs is 2. The Morgan fingerprint density at radius 3 is 2.62 bits per heavy atom. The zero-order valence-electron chi connectivity index (χ0n) is 19.4. The second kappa shape index (κ2) is 9.40. The van der Waals surface area contributed by atoms with Crippen molar-refractivity contribution in [1.29, 1.82) is 0 Å². The van der Waals surface area contributed by atoms with Gasteiger partial charge in [0, 0.05) is 43.6 Å². The highest BCUT2D eigenvalue weighted by molar-refractivity contribution is 5.98. The Balaban J connectivity index is 1.28. The number of aryl methyl sites for hydroxylation is 2. The van der Waals surface area contributed by atoms with Crippen molar-refractivity contribution in [3.8, 4) is 0 Å². The smallest absolute Gasteiger partial charge is 0.261 e. The molecule has 5 rings (SSSR count). The number of nitrogens with zero attached hydrogens (tertiary/aromatic N) is 4. The van der Waals surface area contributed by atoms with Gasteiger partial charge in [-0.1, -0.05) is 18.0 Å². The molecule has 2 amide bonds. The fourth-order valence-electron chi connectivity index (χ4n) is 4.91. The first-order chi connectivity index (χ1) is 16.5. The van der Waals surface area contributed by atoms with Crippen molar-refractivity contribution in [2.45, 2.75) is 58.4 Å². The van der Waals surface area contributed by atoms with Crippen LogP contribution in [-0.4, -0.2) is 44.5 Å². The van der Waals surface area contributed by atoms with Gasteiger partial charge in [0.1, 0.15) is 11.6 Å². The molecule has 1 N–H and O–H groups in total. The van der Waals surface area contributed by atoms with Crippen molar-refractivity contribution in [2.75, 3.05) is 18.4 Å². The highest BCUT2D eigenvalue weighted by atomic mass is 16.5. The van der Waals surface area contributed by atoms with Gasteiger partial charge in [-0.15, -0.1) is 0 Å². The van der Waals surface area contributed by atoms with Crippen LogP contribution < -0.4 is 10.9 Å². The predicted molar refractivity (Wildman–Crippen MR) is 127 cm³/mol. The lowest BCUT2D eigenvalue weighted by atomic mass is 9.95. The monoisotopic (exact) mass is 463 g/mol. The van der Waals surface area contributed by atoms with Crippen LogP contribution in [0.5, 0.6) is 0 Å². The molecule has 34 heavy (non-hydrogen) atoms. The van der Waals surface area contributed by atoms with Gasteiger partial charge in [0.25, 0.3) is 11.5 Å². The Labute approximate surface area is 197 Å². The van der Waals surface area contributed by atoms with Crippen LogP contribution in [0.1, 0.15) is 60.5 Å². The number of rotatable bonds is 3. The molecular weight excluding hydrogens is 434 g/mol. The van der Waals surface area contributed by atoms with E-state index >= 15 is 0 Å². The molecule has 0 saturated carbocycles. The van der Waals surface area contributed by atoms with Gasteiger partial charge < -0.3 is 14.7 Å². The van der Waals surface area contributed by atoms with E-state index in [9.17, 15) is 14.4 Å². The summed E-state index contributed by atoms with van der Waals surface area (Å²) in [6.07, 6.45) is 6.24. The van der Waals surface area contributed by atoms with Crippen LogP contribution in [0, 0.1) is 12.8 Å². The van der Waals surface area contributed by atoms with Crippen LogP contribution in [0.15, 0.2) is 33.6 Å². The minimum absolute atomic E-state index is 0.0185. The lowest BCUT2D eigenvalue weighted by Gasteiger charge is -2.31. The Morgan fingerprint density at radius 1 is 1.06 bits per heavy atom. The summed E-state index contributed by atoms with van der Waals surface area (Å²) in [7, 11) is 0. The van der Waals surface area contributed by atoms with Crippen LogP contribution in [0.25, 0.3) is 10.9 Å². The summed E-state index contributed by atoms with van der Waals surface area (Å²) in [5.41, 5.74) is 1.09. The number of hydrogen-bond donors (Lipinski definition) is 1. The summed E-state index contributed by atoms with van der Waals surface area (Å²) in [6, 6.07) is 6.86. The first-order valence-corrected chi connectivity index (χ1v) is 12.1. The standard InChI is InChI=1S/C25H29N5O4/c1-16-14-21(28-34-16)27-23(31)17-9-12-29(13-10-17)24(32)18-7-8-19-20(15-18)26-22-6-4-2-3-5-11-30(22)25(19)33/h7-8,14-15,17H,2-6,9-13H2,1H3,(H,27,28,31). The number of nitrogens with one attached hydrogen (secondary N) is 1. The van der Waals surface area contributed by atoms with Crippen molar-refractivity contribution < 1.29 is 14.1 Å². The summed E-state index contributed by atoms with van der Waals surface area (Å²) in [4.78, 5) is 45.3. The number of hydrogen-bond acceptors (Lipinski definition) is 6. The van der Waals surface area contributed by atoms with E-state index in [0.29, 0.717) is 60.5 Å².